The minimum atomic E-state index is 0.713. The van der Waals surface area contributed by atoms with Gasteiger partial charge in [-0.3, -0.25) is 4.79 Å². The fraction of sp³-hybridized carbons (Fsp3) is 0.0769. The molecule has 0 aliphatic heterocycles. The van der Waals surface area contributed by atoms with Crippen molar-refractivity contribution in [3.63, 3.8) is 0 Å². The summed E-state index contributed by atoms with van der Waals surface area (Å²) in [6, 6.07) is 28.3. The molecular formula is C26H20INO2. The number of aryl methyl sites for hydroxylation is 1. The molecule has 0 aliphatic rings. The van der Waals surface area contributed by atoms with Crippen molar-refractivity contribution < 1.29 is 9.21 Å². The summed E-state index contributed by atoms with van der Waals surface area (Å²) in [5.41, 5.74) is 2.79. The van der Waals surface area contributed by atoms with E-state index in [2.05, 4.69) is 57.9 Å². The Morgan fingerprint density at radius 3 is 2.03 bits per heavy atom. The van der Waals surface area contributed by atoms with E-state index in [9.17, 15) is 4.79 Å². The third-order valence-corrected chi connectivity index (χ3v) is 5.65. The van der Waals surface area contributed by atoms with Crippen LogP contribution in [0.15, 0.2) is 89.3 Å². The number of halogens is 1. The van der Waals surface area contributed by atoms with Crippen LogP contribution in [0.5, 0.6) is 0 Å². The summed E-state index contributed by atoms with van der Waals surface area (Å²) >= 11 is 2.30. The minimum Gasteiger partial charge on any atom is -0.441 e. The van der Waals surface area contributed by atoms with Gasteiger partial charge in [-0.25, -0.2) is 4.98 Å². The third kappa shape index (κ3) is 4.44. The first-order valence-electron chi connectivity index (χ1n) is 9.63. The fourth-order valence-corrected chi connectivity index (χ4v) is 3.99. The highest BCUT2D eigenvalue weighted by Gasteiger charge is 2.10. The summed E-state index contributed by atoms with van der Waals surface area (Å²) in [6.07, 6.45) is 0.867. The Kier molecular flexibility index (Phi) is 6.23. The van der Waals surface area contributed by atoms with Crippen molar-refractivity contribution >= 4 is 50.4 Å². The van der Waals surface area contributed by atoms with E-state index in [-0.39, 0.29) is 0 Å². The van der Waals surface area contributed by atoms with Crippen LogP contribution < -0.4 is 0 Å². The predicted octanol–water partition coefficient (Wildman–Crippen LogP) is 7.39. The van der Waals surface area contributed by atoms with Crippen molar-refractivity contribution in [1.29, 1.82) is 0 Å². The quantitative estimate of drug-likeness (QED) is 0.146. The number of benzene rings is 4. The molecule has 5 aromatic rings. The van der Waals surface area contributed by atoms with Crippen molar-refractivity contribution in [1.82, 2.24) is 4.98 Å². The van der Waals surface area contributed by atoms with E-state index >= 15 is 0 Å². The van der Waals surface area contributed by atoms with Crippen LogP contribution in [-0.4, -0.2) is 11.3 Å². The molecule has 5 rings (SSSR count). The third-order valence-electron chi connectivity index (χ3n) is 4.93. The van der Waals surface area contributed by atoms with Gasteiger partial charge in [0.05, 0.1) is 5.69 Å². The lowest BCUT2D eigenvalue weighted by atomic mass is 10.1. The molecule has 0 spiro atoms. The zero-order chi connectivity index (χ0) is 20.9. The van der Waals surface area contributed by atoms with Crippen molar-refractivity contribution in [3.8, 4) is 11.5 Å². The van der Waals surface area contributed by atoms with E-state index < -0.39 is 0 Å². The highest BCUT2D eigenvalue weighted by molar-refractivity contribution is 14.1. The number of hydrogen-bond donors (Lipinski definition) is 0. The molecule has 0 unspecified atom stereocenters. The number of carbonyl (C=O) groups is 1. The molecule has 0 amide bonds. The number of carbonyl (C=O) groups excluding carboxylic acids is 1. The van der Waals surface area contributed by atoms with Gasteiger partial charge >= 0.3 is 0 Å². The van der Waals surface area contributed by atoms with Gasteiger partial charge in [0.1, 0.15) is 12.0 Å². The zero-order valence-corrected chi connectivity index (χ0v) is 18.7. The average Bonchev–Trinajstić information content (AvgIpc) is 3.19. The molecule has 0 N–H and O–H groups in total. The molecule has 0 aliphatic carbocycles. The summed E-state index contributed by atoms with van der Waals surface area (Å²) in [6.45, 7) is 1.96. The van der Waals surface area contributed by atoms with Crippen LogP contribution >= 0.6 is 22.6 Å². The van der Waals surface area contributed by atoms with Crippen molar-refractivity contribution in [2.75, 3.05) is 0 Å². The van der Waals surface area contributed by atoms with E-state index in [0.29, 0.717) is 5.89 Å². The molecule has 148 valence electrons. The second-order valence-corrected chi connectivity index (χ2v) is 7.70. The number of fused-ring (bicyclic) bond motifs is 2. The summed E-state index contributed by atoms with van der Waals surface area (Å²) in [7, 11) is 0. The topological polar surface area (TPSA) is 43.1 Å². The van der Waals surface area contributed by atoms with Crippen molar-refractivity contribution in [2.24, 2.45) is 0 Å². The summed E-state index contributed by atoms with van der Waals surface area (Å²) in [5.74, 6) is 1.62. The van der Waals surface area contributed by atoms with E-state index in [1.807, 2.05) is 61.5 Å². The molecule has 0 saturated carbocycles. The first-order chi connectivity index (χ1) is 14.7. The lowest BCUT2D eigenvalue weighted by Gasteiger charge is -1.99. The summed E-state index contributed by atoms with van der Waals surface area (Å²) < 4.78 is 6.60. The molecule has 1 heterocycles. The highest BCUT2D eigenvalue weighted by atomic mass is 127. The SMILES string of the molecule is Cc1oc(-c2ccc3ccccc3c2)nc1CI.O=Cc1ccc2ccccc2c1. The standard InChI is InChI=1S/C15H12INO.C11H8O/c1-10-14(9-16)17-15(18-10)13-7-6-11-4-2-3-5-12(11)8-13;12-8-9-5-6-10-3-1-2-4-11(10)7-9/h2-8H,9H2,1H3;1-8H. The Labute approximate surface area is 188 Å². The summed E-state index contributed by atoms with van der Waals surface area (Å²) in [5, 5.41) is 4.73. The van der Waals surface area contributed by atoms with Crippen molar-refractivity contribution in [2.45, 2.75) is 11.4 Å². The number of oxazole rings is 1. The van der Waals surface area contributed by atoms with Crippen LogP contribution in [0.25, 0.3) is 33.0 Å². The lowest BCUT2D eigenvalue weighted by molar-refractivity contribution is 0.112. The molecule has 30 heavy (non-hydrogen) atoms. The minimum absolute atomic E-state index is 0.713. The number of aromatic nitrogens is 1. The molecule has 3 nitrogen and oxygen atoms in total. The van der Waals surface area contributed by atoms with Crippen LogP contribution in [0.1, 0.15) is 21.8 Å². The van der Waals surface area contributed by atoms with Crippen LogP contribution in [0.2, 0.25) is 0 Å². The first-order valence-corrected chi connectivity index (χ1v) is 11.2. The van der Waals surface area contributed by atoms with Gasteiger partial charge in [-0.15, -0.1) is 0 Å². The molecule has 0 atom stereocenters. The number of nitrogens with zero attached hydrogens (tertiary/aromatic N) is 1. The highest BCUT2D eigenvalue weighted by Crippen LogP contribution is 2.26. The maximum atomic E-state index is 10.5. The number of hydrogen-bond acceptors (Lipinski definition) is 3. The molecule has 0 saturated heterocycles. The predicted molar refractivity (Wildman–Crippen MR) is 131 cm³/mol. The number of aldehydes is 1. The van der Waals surface area contributed by atoms with Gasteiger partial charge in [0, 0.05) is 15.6 Å². The molecule has 4 heteroatoms. The Morgan fingerprint density at radius 1 is 0.833 bits per heavy atom. The normalized spacial score (nSPS) is 10.6. The van der Waals surface area contributed by atoms with Gasteiger partial charge in [-0.2, -0.15) is 0 Å². The van der Waals surface area contributed by atoms with Crippen LogP contribution in [0.3, 0.4) is 0 Å². The average molecular weight is 505 g/mol. The van der Waals surface area contributed by atoms with E-state index in [4.69, 9.17) is 4.42 Å². The molecule has 1 aromatic heterocycles. The number of rotatable bonds is 3. The monoisotopic (exact) mass is 505 g/mol. The van der Waals surface area contributed by atoms with Crippen molar-refractivity contribution in [3.05, 3.63) is 102 Å². The Hall–Kier alpha value is -2.99. The van der Waals surface area contributed by atoms with Crippen LogP contribution in [0, 0.1) is 6.92 Å². The second kappa shape index (κ2) is 9.22. The smallest absolute Gasteiger partial charge is 0.226 e. The van der Waals surface area contributed by atoms with Gasteiger partial charge in [0.15, 0.2) is 0 Å². The van der Waals surface area contributed by atoms with Gasteiger partial charge < -0.3 is 4.42 Å². The van der Waals surface area contributed by atoms with Gasteiger partial charge in [0.25, 0.3) is 0 Å². The molecule has 4 aromatic carbocycles. The summed E-state index contributed by atoms with van der Waals surface area (Å²) in [4.78, 5) is 15.0. The van der Waals surface area contributed by atoms with Gasteiger partial charge in [-0.05, 0) is 46.7 Å². The van der Waals surface area contributed by atoms with E-state index in [0.717, 1.165) is 38.7 Å². The first kappa shape index (κ1) is 20.3. The Balaban J connectivity index is 0.000000158. The largest absolute Gasteiger partial charge is 0.441 e. The molecular weight excluding hydrogens is 485 g/mol. The molecule has 0 fully saturated rings. The molecule has 0 radical (unpaired) electrons. The van der Waals surface area contributed by atoms with Gasteiger partial charge in [-0.1, -0.05) is 89.3 Å². The maximum Gasteiger partial charge on any atom is 0.226 e. The second-order valence-electron chi connectivity index (χ2n) is 6.94. The fourth-order valence-electron chi connectivity index (χ4n) is 3.28. The zero-order valence-electron chi connectivity index (χ0n) is 16.5. The molecule has 0 bridgehead atoms. The lowest BCUT2D eigenvalue weighted by Crippen LogP contribution is -1.81. The van der Waals surface area contributed by atoms with Gasteiger partial charge in [0.2, 0.25) is 5.89 Å². The van der Waals surface area contributed by atoms with E-state index in [1.165, 1.54) is 16.2 Å². The van der Waals surface area contributed by atoms with Crippen LogP contribution in [-0.2, 0) is 4.43 Å². The maximum absolute atomic E-state index is 10.5. The Bertz CT molecular complexity index is 1320. The van der Waals surface area contributed by atoms with Crippen LogP contribution in [0.4, 0.5) is 0 Å². The van der Waals surface area contributed by atoms with E-state index in [1.54, 1.807) is 0 Å². The Morgan fingerprint density at radius 2 is 1.43 bits per heavy atom. The number of alkyl halides is 1.